The fraction of sp³-hybridized carbons (Fsp3) is 0.333. The predicted molar refractivity (Wildman–Crippen MR) is 88.7 cm³/mol. The molecular weight excluding hydrogens is 380 g/mol. The fourth-order valence-corrected chi connectivity index (χ4v) is 2.86. The van der Waals surface area contributed by atoms with E-state index in [4.69, 9.17) is 27.9 Å². The Balaban J connectivity index is 2.00. The van der Waals surface area contributed by atoms with Crippen molar-refractivity contribution >= 4 is 28.9 Å². The van der Waals surface area contributed by atoms with E-state index >= 15 is 0 Å². The number of anilines is 1. The van der Waals surface area contributed by atoms with Crippen LogP contribution in [0.2, 0.25) is 10.3 Å². The SMILES string of the molecule is FC(F)(F)c1ccc(N2CCNCC2)c(Oc2nc(Cl)cc(Cl)n2)c1. The van der Waals surface area contributed by atoms with Crippen LogP contribution in [-0.2, 0) is 6.18 Å². The Kier molecular flexibility index (Phi) is 5.21. The lowest BCUT2D eigenvalue weighted by Gasteiger charge is -2.30. The maximum absolute atomic E-state index is 13.1. The largest absolute Gasteiger partial charge is 0.422 e. The topological polar surface area (TPSA) is 50.3 Å². The first-order valence-corrected chi connectivity index (χ1v) is 8.13. The third kappa shape index (κ3) is 4.45. The van der Waals surface area contributed by atoms with E-state index in [1.165, 1.54) is 12.1 Å². The van der Waals surface area contributed by atoms with Gasteiger partial charge < -0.3 is 15.0 Å². The normalized spacial score (nSPS) is 15.3. The summed E-state index contributed by atoms with van der Waals surface area (Å²) in [7, 11) is 0. The molecule has 5 nitrogen and oxygen atoms in total. The summed E-state index contributed by atoms with van der Waals surface area (Å²) >= 11 is 11.6. The second-order valence-corrected chi connectivity index (χ2v) is 6.09. The monoisotopic (exact) mass is 392 g/mol. The molecule has 2 heterocycles. The molecule has 0 saturated carbocycles. The van der Waals surface area contributed by atoms with E-state index in [0.29, 0.717) is 18.8 Å². The Morgan fingerprint density at radius 1 is 1.04 bits per heavy atom. The van der Waals surface area contributed by atoms with Gasteiger partial charge in [-0.3, -0.25) is 0 Å². The molecule has 0 bridgehead atoms. The molecule has 25 heavy (non-hydrogen) atoms. The molecule has 1 aliphatic rings. The van der Waals surface area contributed by atoms with Gasteiger partial charge in [0.1, 0.15) is 10.3 Å². The molecule has 2 aromatic rings. The highest BCUT2D eigenvalue weighted by Gasteiger charge is 2.32. The number of halogens is 5. The molecule has 1 N–H and O–H groups in total. The molecule has 1 aliphatic heterocycles. The van der Waals surface area contributed by atoms with Crippen molar-refractivity contribution in [3.05, 3.63) is 40.1 Å². The van der Waals surface area contributed by atoms with Crippen molar-refractivity contribution < 1.29 is 17.9 Å². The number of alkyl halides is 3. The maximum Gasteiger partial charge on any atom is 0.416 e. The molecule has 1 saturated heterocycles. The lowest BCUT2D eigenvalue weighted by Crippen LogP contribution is -2.43. The van der Waals surface area contributed by atoms with Crippen molar-refractivity contribution in [2.24, 2.45) is 0 Å². The summed E-state index contributed by atoms with van der Waals surface area (Å²) in [6.45, 7) is 2.72. The minimum Gasteiger partial charge on any atom is -0.422 e. The van der Waals surface area contributed by atoms with E-state index in [9.17, 15) is 13.2 Å². The van der Waals surface area contributed by atoms with Crippen molar-refractivity contribution in [1.82, 2.24) is 15.3 Å². The molecule has 0 atom stereocenters. The summed E-state index contributed by atoms with van der Waals surface area (Å²) in [6.07, 6.45) is -4.49. The molecule has 0 unspecified atom stereocenters. The summed E-state index contributed by atoms with van der Waals surface area (Å²) < 4.78 is 44.7. The molecule has 134 valence electrons. The van der Waals surface area contributed by atoms with E-state index < -0.39 is 11.7 Å². The molecular formula is C15H13Cl2F3N4O. The molecule has 10 heteroatoms. The lowest BCUT2D eigenvalue weighted by molar-refractivity contribution is -0.137. The zero-order chi connectivity index (χ0) is 18.0. The molecule has 0 radical (unpaired) electrons. The summed E-state index contributed by atoms with van der Waals surface area (Å²) in [5, 5.41) is 3.25. The summed E-state index contributed by atoms with van der Waals surface area (Å²) in [4.78, 5) is 9.61. The van der Waals surface area contributed by atoms with E-state index in [2.05, 4.69) is 15.3 Å². The Hall–Kier alpha value is -1.77. The van der Waals surface area contributed by atoms with Crippen LogP contribution in [0.4, 0.5) is 18.9 Å². The molecule has 1 aromatic heterocycles. The number of hydrogen-bond acceptors (Lipinski definition) is 5. The van der Waals surface area contributed by atoms with Gasteiger partial charge in [0.25, 0.3) is 0 Å². The first-order valence-electron chi connectivity index (χ1n) is 7.38. The van der Waals surface area contributed by atoms with Crippen LogP contribution in [0.1, 0.15) is 5.56 Å². The van der Waals surface area contributed by atoms with E-state index in [1.54, 1.807) is 0 Å². The summed E-state index contributed by atoms with van der Waals surface area (Å²) in [5.41, 5.74) is -0.302. The fourth-order valence-electron chi connectivity index (χ4n) is 2.45. The van der Waals surface area contributed by atoms with Crippen molar-refractivity contribution in [2.45, 2.75) is 6.18 Å². The van der Waals surface area contributed by atoms with Crippen LogP contribution in [-0.4, -0.2) is 36.1 Å². The zero-order valence-electron chi connectivity index (χ0n) is 12.8. The van der Waals surface area contributed by atoms with Gasteiger partial charge in [-0.1, -0.05) is 23.2 Å². The average Bonchev–Trinajstić information content (AvgIpc) is 2.54. The minimum atomic E-state index is -4.49. The number of nitrogens with zero attached hydrogens (tertiary/aromatic N) is 3. The average molecular weight is 393 g/mol. The maximum atomic E-state index is 13.1. The number of nitrogens with one attached hydrogen (secondary N) is 1. The summed E-state index contributed by atoms with van der Waals surface area (Å²) in [5.74, 6) is -0.00458. The Bertz CT molecular complexity index is 747. The number of rotatable bonds is 3. The third-order valence-electron chi connectivity index (χ3n) is 3.59. The second kappa shape index (κ2) is 7.23. The highest BCUT2D eigenvalue weighted by molar-refractivity contribution is 6.33. The number of ether oxygens (including phenoxy) is 1. The van der Waals surface area contributed by atoms with Gasteiger partial charge in [-0.25, -0.2) is 0 Å². The van der Waals surface area contributed by atoms with Gasteiger partial charge in [-0.2, -0.15) is 23.1 Å². The van der Waals surface area contributed by atoms with Gasteiger partial charge in [-0.15, -0.1) is 0 Å². The van der Waals surface area contributed by atoms with Crippen LogP contribution < -0.4 is 15.0 Å². The van der Waals surface area contributed by atoms with Gasteiger partial charge in [0.2, 0.25) is 0 Å². The third-order valence-corrected chi connectivity index (χ3v) is 3.98. The molecule has 3 rings (SSSR count). The van der Waals surface area contributed by atoms with Gasteiger partial charge in [0.15, 0.2) is 5.75 Å². The molecule has 0 spiro atoms. The standard InChI is InChI=1S/C15H13Cl2F3N4O/c16-12-8-13(17)23-14(22-12)25-11-7-9(15(18,19)20)1-2-10(11)24-5-3-21-4-6-24/h1-2,7-8,21H,3-6H2. The number of benzene rings is 1. The van der Waals surface area contributed by atoms with Crippen LogP contribution >= 0.6 is 23.2 Å². The van der Waals surface area contributed by atoms with E-state index in [-0.39, 0.29) is 22.1 Å². The Morgan fingerprint density at radius 3 is 2.28 bits per heavy atom. The van der Waals surface area contributed by atoms with Crippen LogP contribution in [0.3, 0.4) is 0 Å². The van der Waals surface area contributed by atoms with Gasteiger partial charge >= 0.3 is 12.2 Å². The van der Waals surface area contributed by atoms with Crippen molar-refractivity contribution in [3.63, 3.8) is 0 Å². The van der Waals surface area contributed by atoms with Crippen molar-refractivity contribution in [3.8, 4) is 11.8 Å². The van der Waals surface area contributed by atoms with E-state index in [0.717, 1.165) is 25.2 Å². The molecule has 1 fully saturated rings. The number of hydrogen-bond donors (Lipinski definition) is 1. The van der Waals surface area contributed by atoms with Crippen molar-refractivity contribution in [1.29, 1.82) is 0 Å². The predicted octanol–water partition coefficient (Wildman–Crippen LogP) is 4.00. The van der Waals surface area contributed by atoms with Gasteiger partial charge in [0.05, 0.1) is 11.3 Å². The zero-order valence-corrected chi connectivity index (χ0v) is 14.3. The molecule has 0 amide bonds. The van der Waals surface area contributed by atoms with Gasteiger partial charge in [-0.05, 0) is 18.2 Å². The lowest BCUT2D eigenvalue weighted by atomic mass is 10.1. The molecule has 1 aromatic carbocycles. The second-order valence-electron chi connectivity index (χ2n) is 5.32. The minimum absolute atomic E-state index is 0.00458. The van der Waals surface area contributed by atoms with E-state index in [1.807, 2.05) is 4.90 Å². The highest BCUT2D eigenvalue weighted by atomic mass is 35.5. The Morgan fingerprint density at radius 2 is 1.68 bits per heavy atom. The van der Waals surface area contributed by atoms with Crippen molar-refractivity contribution in [2.75, 3.05) is 31.1 Å². The first kappa shape index (κ1) is 18.0. The number of aromatic nitrogens is 2. The first-order chi connectivity index (χ1) is 11.8. The Labute approximate surface area is 151 Å². The van der Waals surface area contributed by atoms with Gasteiger partial charge in [0, 0.05) is 32.2 Å². The van der Waals surface area contributed by atoms with Crippen LogP contribution in [0.5, 0.6) is 11.8 Å². The molecule has 0 aliphatic carbocycles. The van der Waals surface area contributed by atoms with Crippen LogP contribution in [0.25, 0.3) is 0 Å². The quantitative estimate of drug-likeness (QED) is 0.799. The highest BCUT2D eigenvalue weighted by Crippen LogP contribution is 2.38. The summed E-state index contributed by atoms with van der Waals surface area (Å²) in [6, 6.07) is 4.42. The smallest absolute Gasteiger partial charge is 0.416 e. The van der Waals surface area contributed by atoms with Crippen LogP contribution in [0, 0.1) is 0 Å². The number of piperazine rings is 1. The van der Waals surface area contributed by atoms with Crippen LogP contribution in [0.15, 0.2) is 24.3 Å².